The molecule has 0 fully saturated rings. The maximum absolute atomic E-state index is 12.0. The second kappa shape index (κ2) is 10.1. The van der Waals surface area contributed by atoms with E-state index in [1.165, 1.54) is 18.9 Å². The van der Waals surface area contributed by atoms with E-state index in [4.69, 9.17) is 16.3 Å². The first-order chi connectivity index (χ1) is 12.5. The predicted molar refractivity (Wildman–Crippen MR) is 108 cm³/mol. The van der Waals surface area contributed by atoms with Crippen LogP contribution in [0.15, 0.2) is 42.5 Å². The molecular formula is C19H21ClN2O3S. The van der Waals surface area contributed by atoms with Crippen LogP contribution in [0.2, 0.25) is 5.02 Å². The maximum Gasteiger partial charge on any atom is 0.234 e. The lowest BCUT2D eigenvalue weighted by molar-refractivity contribution is -0.114. The Morgan fingerprint density at radius 2 is 1.77 bits per heavy atom. The van der Waals surface area contributed by atoms with Crippen LogP contribution in [0.1, 0.15) is 12.5 Å². The van der Waals surface area contributed by atoms with E-state index in [1.54, 1.807) is 18.2 Å². The monoisotopic (exact) mass is 392 g/mol. The van der Waals surface area contributed by atoms with E-state index in [-0.39, 0.29) is 23.3 Å². The lowest BCUT2D eigenvalue weighted by Gasteiger charge is -2.10. The number of hydrogen-bond acceptors (Lipinski definition) is 4. The molecule has 0 saturated heterocycles. The first-order valence-electron chi connectivity index (χ1n) is 8.12. The van der Waals surface area contributed by atoms with Crippen molar-refractivity contribution in [2.45, 2.75) is 13.3 Å². The minimum Gasteiger partial charge on any atom is -0.495 e. The number of ether oxygens (including phenoxy) is 1. The standard InChI is InChI=1S/C19H21ClN2O3S/c1-3-13-6-4-5-7-16(13)22-19(24)12-26-11-18(23)21-14-8-9-17(25-2)15(20)10-14/h4-10H,3,11-12H2,1-2H3,(H,21,23)(H,22,24). The Bertz CT molecular complexity index is 783. The lowest BCUT2D eigenvalue weighted by atomic mass is 10.1. The molecule has 5 nitrogen and oxygen atoms in total. The van der Waals surface area contributed by atoms with Crippen molar-refractivity contribution in [3.8, 4) is 5.75 Å². The zero-order chi connectivity index (χ0) is 18.9. The Morgan fingerprint density at radius 1 is 1.08 bits per heavy atom. The number of carbonyl (C=O) groups excluding carboxylic acids is 2. The second-order valence-corrected chi connectivity index (χ2v) is 6.84. The highest BCUT2D eigenvalue weighted by Gasteiger charge is 2.09. The number of amides is 2. The van der Waals surface area contributed by atoms with Crippen molar-refractivity contribution < 1.29 is 14.3 Å². The summed E-state index contributed by atoms with van der Waals surface area (Å²) in [6.07, 6.45) is 0.844. The summed E-state index contributed by atoms with van der Waals surface area (Å²) < 4.78 is 5.07. The molecule has 138 valence electrons. The zero-order valence-electron chi connectivity index (χ0n) is 14.7. The van der Waals surface area contributed by atoms with Crippen LogP contribution >= 0.6 is 23.4 Å². The number of aryl methyl sites for hydroxylation is 1. The van der Waals surface area contributed by atoms with Gasteiger partial charge in [-0.2, -0.15) is 0 Å². The molecule has 2 amide bonds. The molecule has 2 aromatic carbocycles. The highest BCUT2D eigenvalue weighted by atomic mass is 35.5. The molecule has 26 heavy (non-hydrogen) atoms. The number of halogens is 1. The van der Waals surface area contributed by atoms with Crippen LogP contribution in [-0.4, -0.2) is 30.4 Å². The predicted octanol–water partition coefficient (Wildman–Crippen LogP) is 4.22. The van der Waals surface area contributed by atoms with Gasteiger partial charge >= 0.3 is 0 Å². The molecule has 0 aliphatic heterocycles. The fourth-order valence-electron chi connectivity index (χ4n) is 2.31. The highest BCUT2D eigenvalue weighted by Crippen LogP contribution is 2.27. The summed E-state index contributed by atoms with van der Waals surface area (Å²) in [6, 6.07) is 12.7. The van der Waals surface area contributed by atoms with Gasteiger partial charge in [0.1, 0.15) is 5.75 Å². The van der Waals surface area contributed by atoms with Gasteiger partial charge < -0.3 is 15.4 Å². The van der Waals surface area contributed by atoms with E-state index in [2.05, 4.69) is 10.6 Å². The summed E-state index contributed by atoms with van der Waals surface area (Å²) in [7, 11) is 1.53. The highest BCUT2D eigenvalue weighted by molar-refractivity contribution is 8.00. The van der Waals surface area contributed by atoms with E-state index in [0.29, 0.717) is 16.5 Å². The average molecular weight is 393 g/mol. The van der Waals surface area contributed by atoms with Crippen LogP contribution in [0.4, 0.5) is 11.4 Å². The van der Waals surface area contributed by atoms with Crippen molar-refractivity contribution >= 4 is 46.6 Å². The molecule has 0 radical (unpaired) electrons. The number of hydrogen-bond donors (Lipinski definition) is 2. The number of thioether (sulfide) groups is 1. The van der Waals surface area contributed by atoms with Gasteiger partial charge in [0, 0.05) is 11.4 Å². The zero-order valence-corrected chi connectivity index (χ0v) is 16.2. The Morgan fingerprint density at radius 3 is 2.42 bits per heavy atom. The molecular weight excluding hydrogens is 372 g/mol. The van der Waals surface area contributed by atoms with Crippen molar-refractivity contribution in [3.05, 3.63) is 53.1 Å². The molecule has 2 aromatic rings. The molecule has 0 aromatic heterocycles. The summed E-state index contributed by atoms with van der Waals surface area (Å²) in [5.74, 6) is 0.596. The molecule has 7 heteroatoms. The van der Waals surface area contributed by atoms with Crippen LogP contribution in [0.25, 0.3) is 0 Å². The third-order valence-corrected chi connectivity index (χ3v) is 4.80. The van der Waals surface area contributed by atoms with Gasteiger partial charge in [0.25, 0.3) is 0 Å². The molecule has 0 aliphatic carbocycles. The maximum atomic E-state index is 12.0. The number of nitrogens with one attached hydrogen (secondary N) is 2. The van der Waals surface area contributed by atoms with E-state index >= 15 is 0 Å². The fraction of sp³-hybridized carbons (Fsp3) is 0.263. The molecule has 0 heterocycles. The van der Waals surface area contributed by atoms with Crippen molar-refractivity contribution in [3.63, 3.8) is 0 Å². The average Bonchev–Trinajstić information content (AvgIpc) is 2.62. The number of rotatable bonds is 8. The fourth-order valence-corrected chi connectivity index (χ4v) is 3.19. The van der Waals surface area contributed by atoms with Crippen LogP contribution in [0, 0.1) is 0 Å². The topological polar surface area (TPSA) is 67.4 Å². The van der Waals surface area contributed by atoms with E-state index in [1.807, 2.05) is 31.2 Å². The van der Waals surface area contributed by atoms with Crippen molar-refractivity contribution in [2.24, 2.45) is 0 Å². The minimum atomic E-state index is -0.196. The van der Waals surface area contributed by atoms with Crippen LogP contribution in [0.5, 0.6) is 5.75 Å². The first-order valence-corrected chi connectivity index (χ1v) is 9.65. The lowest BCUT2D eigenvalue weighted by Crippen LogP contribution is -2.19. The van der Waals surface area contributed by atoms with E-state index in [9.17, 15) is 9.59 Å². The number of methoxy groups -OCH3 is 1. The van der Waals surface area contributed by atoms with Gasteiger partial charge in [0.2, 0.25) is 11.8 Å². The van der Waals surface area contributed by atoms with Gasteiger partial charge in [-0.25, -0.2) is 0 Å². The Labute approximate surface area is 162 Å². The largest absolute Gasteiger partial charge is 0.495 e. The molecule has 2 rings (SSSR count). The number of carbonyl (C=O) groups is 2. The molecule has 0 spiro atoms. The molecule has 0 aliphatic rings. The normalized spacial score (nSPS) is 10.3. The van der Waals surface area contributed by atoms with Crippen LogP contribution in [-0.2, 0) is 16.0 Å². The van der Waals surface area contributed by atoms with E-state index < -0.39 is 0 Å². The van der Waals surface area contributed by atoms with Gasteiger partial charge in [-0.05, 0) is 36.2 Å². The van der Waals surface area contributed by atoms with Gasteiger partial charge in [-0.3, -0.25) is 9.59 Å². The van der Waals surface area contributed by atoms with Gasteiger partial charge in [0.15, 0.2) is 0 Å². The van der Waals surface area contributed by atoms with Crippen molar-refractivity contribution in [2.75, 3.05) is 29.2 Å². The van der Waals surface area contributed by atoms with Gasteiger partial charge in [-0.1, -0.05) is 36.7 Å². The Hall–Kier alpha value is -2.18. The molecule has 0 bridgehead atoms. The second-order valence-electron chi connectivity index (χ2n) is 5.45. The summed E-state index contributed by atoms with van der Waals surface area (Å²) in [5.41, 5.74) is 2.49. The van der Waals surface area contributed by atoms with Crippen molar-refractivity contribution in [1.82, 2.24) is 0 Å². The summed E-state index contributed by atoms with van der Waals surface area (Å²) in [4.78, 5) is 24.0. The van der Waals surface area contributed by atoms with Crippen LogP contribution in [0.3, 0.4) is 0 Å². The Kier molecular flexibility index (Phi) is 7.81. The SMILES string of the molecule is CCc1ccccc1NC(=O)CSCC(=O)Nc1ccc(OC)c(Cl)c1. The summed E-state index contributed by atoms with van der Waals surface area (Å²) >= 11 is 7.28. The van der Waals surface area contributed by atoms with Crippen LogP contribution < -0.4 is 15.4 Å². The molecule has 2 N–H and O–H groups in total. The minimum absolute atomic E-state index is 0.129. The smallest absolute Gasteiger partial charge is 0.234 e. The molecule has 0 unspecified atom stereocenters. The molecule has 0 saturated carbocycles. The third-order valence-electron chi connectivity index (χ3n) is 3.57. The first kappa shape index (κ1) is 20.1. The third kappa shape index (κ3) is 5.97. The summed E-state index contributed by atoms with van der Waals surface area (Å²) in [6.45, 7) is 2.04. The van der Waals surface area contributed by atoms with Gasteiger partial charge in [-0.15, -0.1) is 11.8 Å². The summed E-state index contributed by atoms with van der Waals surface area (Å²) in [5, 5.41) is 6.05. The number of para-hydroxylation sites is 1. The quantitative estimate of drug-likeness (QED) is 0.705. The number of benzene rings is 2. The number of anilines is 2. The molecule has 0 atom stereocenters. The van der Waals surface area contributed by atoms with Crippen molar-refractivity contribution in [1.29, 1.82) is 0 Å². The van der Waals surface area contributed by atoms with E-state index in [0.717, 1.165) is 17.7 Å². The van der Waals surface area contributed by atoms with Gasteiger partial charge in [0.05, 0.1) is 23.6 Å². The Balaban J connectivity index is 1.77.